The minimum atomic E-state index is 0.687. The molecule has 0 radical (unpaired) electrons. The molecule has 1 aliphatic carbocycles. The van der Waals surface area contributed by atoms with Gasteiger partial charge in [-0.1, -0.05) is 6.42 Å². The van der Waals surface area contributed by atoms with Crippen molar-refractivity contribution in [1.82, 2.24) is 20.2 Å². The summed E-state index contributed by atoms with van der Waals surface area (Å²) in [6, 6.07) is 0.687. The van der Waals surface area contributed by atoms with Crippen molar-refractivity contribution in [3.8, 4) is 0 Å². The zero-order chi connectivity index (χ0) is 11.9. The molecule has 0 spiro atoms. The van der Waals surface area contributed by atoms with Gasteiger partial charge in [0.1, 0.15) is 12.1 Å². The molecule has 0 aromatic carbocycles. The lowest BCUT2D eigenvalue weighted by molar-refractivity contribution is 0.361. The quantitative estimate of drug-likeness (QED) is 0.833. The number of hydrogen-bond acceptors (Lipinski definition) is 4. The van der Waals surface area contributed by atoms with E-state index in [1.807, 2.05) is 6.20 Å². The lowest BCUT2D eigenvalue weighted by atomic mass is 9.92. The zero-order valence-corrected chi connectivity index (χ0v) is 10.3. The molecule has 3 heterocycles. The van der Waals surface area contributed by atoms with E-state index < -0.39 is 0 Å². The molecule has 1 aliphatic heterocycles. The first-order valence-electron chi connectivity index (χ1n) is 6.84. The Bertz CT molecular complexity index is 563. The fraction of sp³-hybridized carbons (Fsp3) is 0.615. The summed E-state index contributed by atoms with van der Waals surface area (Å²) in [6.07, 6.45) is 10.2. The molecule has 2 aromatic rings. The summed E-state index contributed by atoms with van der Waals surface area (Å²) < 4.78 is 0. The van der Waals surface area contributed by atoms with Crippen LogP contribution in [-0.4, -0.2) is 32.8 Å². The number of nitrogens with zero attached hydrogens (tertiary/aromatic N) is 4. The van der Waals surface area contributed by atoms with Gasteiger partial charge in [-0.15, -0.1) is 0 Å². The molecule has 2 unspecified atom stereocenters. The van der Waals surface area contributed by atoms with Gasteiger partial charge in [-0.05, 0) is 31.6 Å². The van der Waals surface area contributed by atoms with E-state index >= 15 is 0 Å². The number of anilines is 1. The van der Waals surface area contributed by atoms with Crippen LogP contribution >= 0.6 is 0 Å². The summed E-state index contributed by atoms with van der Waals surface area (Å²) >= 11 is 0. The fourth-order valence-corrected chi connectivity index (χ4v) is 3.70. The average Bonchev–Trinajstić information content (AvgIpc) is 3.06. The second-order valence-electron chi connectivity index (χ2n) is 5.42. The summed E-state index contributed by atoms with van der Waals surface area (Å²) in [6.45, 7) is 1.12. The number of aromatic nitrogens is 4. The third-order valence-corrected chi connectivity index (χ3v) is 4.49. The predicted molar refractivity (Wildman–Crippen MR) is 69.4 cm³/mol. The normalized spacial score (nSPS) is 27.7. The van der Waals surface area contributed by atoms with Gasteiger partial charge in [-0.25, -0.2) is 9.97 Å². The van der Waals surface area contributed by atoms with Gasteiger partial charge in [0.2, 0.25) is 0 Å². The summed E-state index contributed by atoms with van der Waals surface area (Å²) in [5, 5.41) is 8.08. The Balaban J connectivity index is 1.79. The van der Waals surface area contributed by atoms with Gasteiger partial charge < -0.3 is 4.90 Å². The summed E-state index contributed by atoms with van der Waals surface area (Å²) in [4.78, 5) is 11.2. The lowest BCUT2D eigenvalue weighted by Gasteiger charge is -2.38. The monoisotopic (exact) mass is 243 g/mol. The first kappa shape index (κ1) is 10.3. The molecule has 4 rings (SSSR count). The molecule has 18 heavy (non-hydrogen) atoms. The van der Waals surface area contributed by atoms with E-state index in [1.165, 1.54) is 32.1 Å². The number of piperidine rings is 1. The van der Waals surface area contributed by atoms with Crippen molar-refractivity contribution in [3.63, 3.8) is 0 Å². The molecular weight excluding hydrogens is 226 g/mol. The first-order valence-corrected chi connectivity index (χ1v) is 6.84. The molecule has 5 nitrogen and oxygen atoms in total. The minimum absolute atomic E-state index is 0.687. The van der Waals surface area contributed by atoms with E-state index in [9.17, 15) is 0 Å². The third kappa shape index (κ3) is 1.43. The van der Waals surface area contributed by atoms with E-state index in [1.54, 1.807) is 6.33 Å². The summed E-state index contributed by atoms with van der Waals surface area (Å²) in [5.74, 6) is 1.95. The molecule has 94 valence electrons. The number of hydrogen-bond donors (Lipinski definition) is 1. The molecule has 0 bridgehead atoms. The number of fused-ring (bicyclic) bond motifs is 2. The minimum Gasteiger partial charge on any atom is -0.353 e. The van der Waals surface area contributed by atoms with Gasteiger partial charge in [-0.3, -0.25) is 5.10 Å². The van der Waals surface area contributed by atoms with Crippen molar-refractivity contribution in [2.45, 2.75) is 38.1 Å². The second kappa shape index (κ2) is 3.93. The lowest BCUT2D eigenvalue weighted by Crippen LogP contribution is -2.43. The van der Waals surface area contributed by atoms with Crippen molar-refractivity contribution in [2.75, 3.05) is 11.4 Å². The van der Waals surface area contributed by atoms with Gasteiger partial charge in [0.25, 0.3) is 0 Å². The Morgan fingerprint density at radius 1 is 1.17 bits per heavy atom. The smallest absolute Gasteiger partial charge is 0.160 e. The van der Waals surface area contributed by atoms with E-state index in [4.69, 9.17) is 0 Å². The van der Waals surface area contributed by atoms with Crippen molar-refractivity contribution >= 4 is 16.9 Å². The molecule has 1 saturated carbocycles. The maximum absolute atomic E-state index is 4.52. The molecule has 5 heteroatoms. The zero-order valence-electron chi connectivity index (χ0n) is 10.3. The van der Waals surface area contributed by atoms with E-state index in [0.29, 0.717) is 6.04 Å². The van der Waals surface area contributed by atoms with Crippen molar-refractivity contribution in [2.24, 2.45) is 5.92 Å². The molecular formula is C13H17N5. The largest absolute Gasteiger partial charge is 0.353 e. The number of nitrogens with one attached hydrogen (secondary N) is 1. The third-order valence-electron chi connectivity index (χ3n) is 4.49. The van der Waals surface area contributed by atoms with Gasteiger partial charge in [0.15, 0.2) is 5.65 Å². The van der Waals surface area contributed by atoms with Crippen LogP contribution in [0.4, 0.5) is 5.82 Å². The fourth-order valence-electron chi connectivity index (χ4n) is 3.70. The van der Waals surface area contributed by atoms with E-state index in [2.05, 4.69) is 25.1 Å². The Kier molecular flexibility index (Phi) is 2.25. The van der Waals surface area contributed by atoms with E-state index in [0.717, 1.165) is 29.3 Å². The average molecular weight is 243 g/mol. The Morgan fingerprint density at radius 2 is 2.11 bits per heavy atom. The molecule has 2 atom stereocenters. The van der Waals surface area contributed by atoms with Crippen LogP contribution in [0.5, 0.6) is 0 Å². The van der Waals surface area contributed by atoms with E-state index in [-0.39, 0.29) is 0 Å². The predicted octanol–water partition coefficient (Wildman–Crippen LogP) is 2.12. The number of rotatable bonds is 1. The Hall–Kier alpha value is -1.65. The van der Waals surface area contributed by atoms with Crippen LogP contribution in [0, 0.1) is 5.92 Å². The molecule has 1 saturated heterocycles. The highest BCUT2D eigenvalue weighted by atomic mass is 15.2. The molecule has 2 aliphatic rings. The van der Waals surface area contributed by atoms with Gasteiger partial charge in [0, 0.05) is 12.6 Å². The molecule has 2 aromatic heterocycles. The maximum atomic E-state index is 4.52. The molecule has 2 fully saturated rings. The second-order valence-corrected chi connectivity index (χ2v) is 5.42. The highest BCUT2D eigenvalue weighted by Crippen LogP contribution is 2.39. The summed E-state index contributed by atoms with van der Waals surface area (Å²) in [5.41, 5.74) is 0.847. The topological polar surface area (TPSA) is 57.7 Å². The van der Waals surface area contributed by atoms with Crippen LogP contribution < -0.4 is 4.90 Å². The van der Waals surface area contributed by atoms with Crippen LogP contribution in [0.1, 0.15) is 32.1 Å². The van der Waals surface area contributed by atoms with Gasteiger partial charge in [0.05, 0.1) is 11.6 Å². The van der Waals surface area contributed by atoms with Crippen molar-refractivity contribution < 1.29 is 0 Å². The van der Waals surface area contributed by atoms with Crippen LogP contribution in [0.2, 0.25) is 0 Å². The maximum Gasteiger partial charge on any atom is 0.160 e. The molecule has 1 N–H and O–H groups in total. The van der Waals surface area contributed by atoms with Gasteiger partial charge in [-0.2, -0.15) is 5.10 Å². The van der Waals surface area contributed by atoms with Crippen LogP contribution in [0.15, 0.2) is 12.5 Å². The van der Waals surface area contributed by atoms with Crippen molar-refractivity contribution in [1.29, 1.82) is 0 Å². The van der Waals surface area contributed by atoms with Crippen LogP contribution in [0.3, 0.4) is 0 Å². The van der Waals surface area contributed by atoms with Crippen LogP contribution in [-0.2, 0) is 0 Å². The number of H-pyrrole nitrogens is 1. The highest BCUT2D eigenvalue weighted by Gasteiger charge is 2.36. The molecule has 0 amide bonds. The Morgan fingerprint density at radius 3 is 3.11 bits per heavy atom. The SMILES string of the molecule is c1nc(N2CCCC3CCCC32)c2cn[nH]c2n1. The first-order chi connectivity index (χ1) is 8.93. The van der Waals surface area contributed by atoms with Crippen LogP contribution in [0.25, 0.3) is 11.0 Å². The van der Waals surface area contributed by atoms with Crippen molar-refractivity contribution in [3.05, 3.63) is 12.5 Å². The Labute approximate surface area is 106 Å². The number of aromatic amines is 1. The standard InChI is InChI=1S/C13H17N5/c1-3-9-4-2-6-18(11(9)5-1)13-10-7-16-17-12(10)14-8-15-13/h7-9,11H,1-6H2,(H,14,15,16,17). The van der Waals surface area contributed by atoms with Gasteiger partial charge >= 0.3 is 0 Å². The summed E-state index contributed by atoms with van der Waals surface area (Å²) in [7, 11) is 0. The highest BCUT2D eigenvalue weighted by molar-refractivity contribution is 5.86.